The predicted octanol–water partition coefficient (Wildman–Crippen LogP) is 0.749. The molecule has 0 radical (unpaired) electrons. The molecule has 5 heteroatoms. The maximum Gasteiger partial charge on any atom is 0.234 e. The average Bonchev–Trinajstić information content (AvgIpc) is 2.31. The predicted molar refractivity (Wildman–Crippen MR) is 73.3 cm³/mol. The first-order valence-corrected chi connectivity index (χ1v) is 6.78. The van der Waals surface area contributed by atoms with E-state index >= 15 is 0 Å². The van der Waals surface area contributed by atoms with Crippen LogP contribution in [0.25, 0.3) is 0 Å². The van der Waals surface area contributed by atoms with Gasteiger partial charge in [-0.15, -0.1) is 0 Å². The van der Waals surface area contributed by atoms with Crippen molar-refractivity contribution in [1.82, 2.24) is 15.5 Å². The molecule has 0 atom stereocenters. The van der Waals surface area contributed by atoms with Gasteiger partial charge in [-0.05, 0) is 33.7 Å². The van der Waals surface area contributed by atoms with Gasteiger partial charge in [-0.1, -0.05) is 6.92 Å². The Labute approximate surface area is 110 Å². The Morgan fingerprint density at radius 3 is 2.28 bits per heavy atom. The quantitative estimate of drug-likeness (QED) is 0.599. The third-order valence-corrected chi connectivity index (χ3v) is 2.76. The number of amides is 2. The van der Waals surface area contributed by atoms with Crippen molar-refractivity contribution in [1.29, 1.82) is 0 Å². The van der Waals surface area contributed by atoms with Crippen molar-refractivity contribution < 1.29 is 9.59 Å². The molecule has 0 bridgehead atoms. The molecule has 0 aliphatic carbocycles. The summed E-state index contributed by atoms with van der Waals surface area (Å²) >= 11 is 0. The summed E-state index contributed by atoms with van der Waals surface area (Å²) in [6.45, 7) is 10.6. The topological polar surface area (TPSA) is 61.4 Å². The molecule has 0 aromatic rings. The Morgan fingerprint density at radius 2 is 1.78 bits per heavy atom. The van der Waals surface area contributed by atoms with Crippen molar-refractivity contribution in [2.75, 3.05) is 26.2 Å². The minimum absolute atomic E-state index is 0.0291. The molecule has 0 unspecified atom stereocenters. The van der Waals surface area contributed by atoms with Crippen molar-refractivity contribution in [2.24, 2.45) is 0 Å². The van der Waals surface area contributed by atoms with E-state index in [1.165, 1.54) is 0 Å². The van der Waals surface area contributed by atoms with Crippen LogP contribution in [0.4, 0.5) is 0 Å². The first kappa shape index (κ1) is 16.9. The average molecular weight is 257 g/mol. The molecule has 0 saturated carbocycles. The lowest BCUT2D eigenvalue weighted by Gasteiger charge is -2.23. The van der Waals surface area contributed by atoms with E-state index in [2.05, 4.69) is 29.4 Å². The maximum atomic E-state index is 11.6. The van der Waals surface area contributed by atoms with Crippen LogP contribution in [0.15, 0.2) is 0 Å². The number of carbonyl (C=O) groups excluding carboxylic acids is 2. The number of carbonyl (C=O) groups is 2. The van der Waals surface area contributed by atoms with Crippen LogP contribution in [0, 0.1) is 0 Å². The van der Waals surface area contributed by atoms with Crippen LogP contribution >= 0.6 is 0 Å². The van der Waals surface area contributed by atoms with E-state index < -0.39 is 0 Å². The van der Waals surface area contributed by atoms with E-state index in [-0.39, 0.29) is 11.8 Å². The molecular weight excluding hydrogens is 230 g/mol. The highest BCUT2D eigenvalue weighted by Crippen LogP contribution is 1.96. The van der Waals surface area contributed by atoms with Crippen LogP contribution in [-0.4, -0.2) is 48.9 Å². The van der Waals surface area contributed by atoms with Gasteiger partial charge in [-0.25, -0.2) is 0 Å². The zero-order valence-corrected chi connectivity index (χ0v) is 12.1. The lowest BCUT2D eigenvalue weighted by Crippen LogP contribution is -2.41. The summed E-state index contributed by atoms with van der Waals surface area (Å²) < 4.78 is 0. The number of hydrogen-bond donors (Lipinski definition) is 2. The van der Waals surface area contributed by atoms with E-state index in [9.17, 15) is 9.59 Å². The summed E-state index contributed by atoms with van der Waals surface area (Å²) in [5, 5.41) is 5.57. The van der Waals surface area contributed by atoms with Gasteiger partial charge >= 0.3 is 0 Å². The minimum Gasteiger partial charge on any atom is -0.356 e. The lowest BCUT2D eigenvalue weighted by molar-refractivity contribution is -0.123. The lowest BCUT2D eigenvalue weighted by atomic mass is 10.3. The fourth-order valence-corrected chi connectivity index (χ4v) is 1.66. The molecule has 0 saturated heterocycles. The highest BCUT2D eigenvalue weighted by Gasteiger charge is 2.11. The van der Waals surface area contributed by atoms with Gasteiger partial charge in [0.15, 0.2) is 0 Å². The molecule has 2 amide bonds. The Hall–Kier alpha value is -1.10. The highest BCUT2D eigenvalue weighted by atomic mass is 16.2. The summed E-state index contributed by atoms with van der Waals surface area (Å²) in [5.74, 6) is 0.0746. The molecule has 0 fully saturated rings. The van der Waals surface area contributed by atoms with E-state index in [1.54, 1.807) is 0 Å². The monoisotopic (exact) mass is 257 g/mol. The van der Waals surface area contributed by atoms with Crippen LogP contribution in [0.5, 0.6) is 0 Å². The third kappa shape index (κ3) is 8.06. The molecule has 0 spiro atoms. The summed E-state index contributed by atoms with van der Waals surface area (Å²) in [7, 11) is 0. The number of rotatable bonds is 9. The Bertz CT molecular complexity index is 255. The van der Waals surface area contributed by atoms with Gasteiger partial charge in [0.25, 0.3) is 0 Å². The van der Waals surface area contributed by atoms with Gasteiger partial charge < -0.3 is 10.6 Å². The summed E-state index contributed by atoms with van der Waals surface area (Å²) in [6, 6.07) is 0.371. The molecule has 2 N–H and O–H groups in total. The Balaban J connectivity index is 3.68. The number of nitrogens with zero attached hydrogens (tertiary/aromatic N) is 1. The zero-order chi connectivity index (χ0) is 14.0. The van der Waals surface area contributed by atoms with Crippen molar-refractivity contribution in [3.05, 3.63) is 0 Å². The fraction of sp³-hybridized carbons (Fsp3) is 0.846. The number of hydrogen-bond acceptors (Lipinski definition) is 3. The summed E-state index contributed by atoms with van der Waals surface area (Å²) in [6.07, 6.45) is 1.15. The summed E-state index contributed by atoms with van der Waals surface area (Å²) in [4.78, 5) is 24.9. The Kier molecular flexibility index (Phi) is 9.28. The van der Waals surface area contributed by atoms with Crippen LogP contribution in [0.1, 0.15) is 40.5 Å². The van der Waals surface area contributed by atoms with Crippen molar-refractivity contribution in [2.45, 2.75) is 46.6 Å². The van der Waals surface area contributed by atoms with Crippen LogP contribution in [-0.2, 0) is 9.59 Å². The molecule has 0 aliphatic rings. The molecule has 0 heterocycles. The summed E-state index contributed by atoms with van der Waals surface area (Å²) in [5.41, 5.74) is 0. The van der Waals surface area contributed by atoms with Gasteiger partial charge in [-0.3, -0.25) is 14.5 Å². The minimum atomic E-state index is 0.0291. The van der Waals surface area contributed by atoms with E-state index in [0.29, 0.717) is 38.5 Å². The molecule has 0 aromatic heterocycles. The largest absolute Gasteiger partial charge is 0.356 e. The van der Waals surface area contributed by atoms with Crippen molar-refractivity contribution in [3.63, 3.8) is 0 Å². The molecular formula is C13H27N3O2. The van der Waals surface area contributed by atoms with Gasteiger partial charge in [0.2, 0.25) is 11.8 Å². The van der Waals surface area contributed by atoms with E-state index in [0.717, 1.165) is 6.54 Å². The SMILES string of the molecule is CCNC(=O)CCCNC(=O)CN(CC)C(C)C. The van der Waals surface area contributed by atoms with Crippen LogP contribution in [0.3, 0.4) is 0 Å². The first-order valence-electron chi connectivity index (χ1n) is 6.78. The van der Waals surface area contributed by atoms with Gasteiger partial charge in [0.1, 0.15) is 0 Å². The second-order valence-corrected chi connectivity index (χ2v) is 4.56. The molecule has 18 heavy (non-hydrogen) atoms. The van der Waals surface area contributed by atoms with Gasteiger partial charge in [0.05, 0.1) is 6.54 Å². The highest BCUT2D eigenvalue weighted by molar-refractivity contribution is 5.78. The van der Waals surface area contributed by atoms with Crippen LogP contribution < -0.4 is 10.6 Å². The maximum absolute atomic E-state index is 11.6. The van der Waals surface area contributed by atoms with Crippen molar-refractivity contribution in [3.8, 4) is 0 Å². The van der Waals surface area contributed by atoms with Gasteiger partial charge in [0, 0.05) is 25.6 Å². The van der Waals surface area contributed by atoms with Crippen LogP contribution in [0.2, 0.25) is 0 Å². The molecule has 0 aliphatic heterocycles. The standard InChI is InChI=1S/C13H27N3O2/c1-5-14-12(17)8-7-9-15-13(18)10-16(6-2)11(3)4/h11H,5-10H2,1-4H3,(H,14,17)(H,15,18). The normalized spacial score (nSPS) is 10.8. The molecule has 0 rings (SSSR count). The zero-order valence-electron chi connectivity index (χ0n) is 12.1. The van der Waals surface area contributed by atoms with E-state index in [4.69, 9.17) is 0 Å². The number of nitrogens with one attached hydrogen (secondary N) is 2. The second-order valence-electron chi connectivity index (χ2n) is 4.56. The van der Waals surface area contributed by atoms with Crippen molar-refractivity contribution >= 4 is 11.8 Å². The smallest absolute Gasteiger partial charge is 0.234 e. The third-order valence-electron chi connectivity index (χ3n) is 2.76. The Morgan fingerprint density at radius 1 is 1.11 bits per heavy atom. The molecule has 106 valence electrons. The first-order chi connectivity index (χ1) is 8.51. The fourth-order valence-electron chi connectivity index (χ4n) is 1.66. The molecule has 0 aromatic carbocycles. The molecule has 5 nitrogen and oxygen atoms in total. The second kappa shape index (κ2) is 9.88. The number of likely N-dealkylation sites (N-methyl/N-ethyl adjacent to an activating group) is 1. The van der Waals surface area contributed by atoms with Gasteiger partial charge in [-0.2, -0.15) is 0 Å². The van der Waals surface area contributed by atoms with E-state index in [1.807, 2.05) is 13.8 Å².